The molecule has 0 aliphatic carbocycles. The number of carbonyl (C=O) groups is 2. The smallest absolute Gasteiger partial charge is 0.245 e. The highest BCUT2D eigenvalue weighted by atomic mass is 16.5. The lowest BCUT2D eigenvalue weighted by Crippen LogP contribution is -2.35. The predicted molar refractivity (Wildman–Crippen MR) is 76.7 cm³/mol. The first-order valence-electron chi connectivity index (χ1n) is 6.83. The highest BCUT2D eigenvalue weighted by molar-refractivity contribution is 6.11. The van der Waals surface area contributed by atoms with E-state index in [1.807, 2.05) is 20.8 Å². The number of Topliss-reactive ketones (excluding diaryl/α,β-unsaturated/α-hetero) is 1. The van der Waals surface area contributed by atoms with Crippen LogP contribution in [-0.2, 0) is 4.79 Å². The number of ketones is 1. The Kier molecular flexibility index (Phi) is 6.34. The first kappa shape index (κ1) is 16.6. The summed E-state index contributed by atoms with van der Waals surface area (Å²) in [7, 11) is 0. The Morgan fingerprint density at radius 1 is 1.43 bits per heavy atom. The molecule has 0 saturated carbocycles. The van der Waals surface area contributed by atoms with Gasteiger partial charge in [0.25, 0.3) is 0 Å². The Labute approximate surface area is 124 Å². The van der Waals surface area contributed by atoms with E-state index in [2.05, 4.69) is 10.3 Å². The van der Waals surface area contributed by atoms with E-state index in [1.54, 1.807) is 12.1 Å². The Morgan fingerprint density at radius 3 is 2.62 bits per heavy atom. The summed E-state index contributed by atoms with van der Waals surface area (Å²) < 4.78 is 5.37. The number of hydrogen-bond acceptors (Lipinski definition) is 5. The second-order valence-electron chi connectivity index (χ2n) is 4.77. The van der Waals surface area contributed by atoms with Gasteiger partial charge in [0.05, 0.1) is 12.2 Å². The zero-order valence-electron chi connectivity index (χ0n) is 12.4. The lowest BCUT2D eigenvalue weighted by Gasteiger charge is -2.10. The van der Waals surface area contributed by atoms with Gasteiger partial charge >= 0.3 is 0 Å². The van der Waals surface area contributed by atoms with E-state index < -0.39 is 17.6 Å². The molecule has 112 valence electrons. The number of nitrogens with zero attached hydrogens (tertiary/aromatic N) is 2. The van der Waals surface area contributed by atoms with E-state index in [0.717, 1.165) is 6.42 Å². The minimum Gasteiger partial charge on any atom is -0.475 e. The second kappa shape index (κ2) is 8.00. The number of rotatable bonds is 7. The largest absolute Gasteiger partial charge is 0.475 e. The summed E-state index contributed by atoms with van der Waals surface area (Å²) in [6.07, 6.45) is 2.03. The summed E-state index contributed by atoms with van der Waals surface area (Å²) >= 11 is 0. The average Bonchev–Trinajstić information content (AvgIpc) is 2.45. The van der Waals surface area contributed by atoms with Crippen molar-refractivity contribution >= 4 is 11.7 Å². The van der Waals surface area contributed by atoms with Gasteiger partial charge in [-0.2, -0.15) is 5.26 Å². The molecule has 1 N–H and O–H groups in total. The molecular formula is C15H19N3O3. The highest BCUT2D eigenvalue weighted by Crippen LogP contribution is 2.13. The molecule has 0 aromatic carbocycles. The summed E-state index contributed by atoms with van der Waals surface area (Å²) in [6.45, 7) is 6.06. The number of ether oxygens (including phenoxy) is 1. The van der Waals surface area contributed by atoms with Crippen molar-refractivity contribution in [1.82, 2.24) is 10.3 Å². The van der Waals surface area contributed by atoms with Gasteiger partial charge in [0.15, 0.2) is 11.7 Å². The zero-order valence-corrected chi connectivity index (χ0v) is 12.4. The third kappa shape index (κ3) is 4.88. The van der Waals surface area contributed by atoms with Crippen LogP contribution in [0.15, 0.2) is 18.3 Å². The maximum Gasteiger partial charge on any atom is 0.245 e. The zero-order chi connectivity index (χ0) is 15.8. The lowest BCUT2D eigenvalue weighted by molar-refractivity contribution is -0.122. The minimum atomic E-state index is -1.35. The van der Waals surface area contributed by atoms with Gasteiger partial charge in [0.1, 0.15) is 0 Å². The monoisotopic (exact) mass is 289 g/mol. The molecule has 1 amide bonds. The summed E-state index contributed by atoms with van der Waals surface area (Å²) in [5, 5.41) is 11.6. The van der Waals surface area contributed by atoms with Gasteiger partial charge in [-0.15, -0.1) is 0 Å². The van der Waals surface area contributed by atoms with E-state index >= 15 is 0 Å². The van der Waals surface area contributed by atoms with Crippen LogP contribution in [0.1, 0.15) is 37.6 Å². The minimum absolute atomic E-state index is 0.0225. The van der Waals surface area contributed by atoms with E-state index in [4.69, 9.17) is 10.00 Å². The maximum absolute atomic E-state index is 12.1. The molecule has 0 aliphatic rings. The van der Waals surface area contributed by atoms with Crippen LogP contribution < -0.4 is 10.1 Å². The summed E-state index contributed by atoms with van der Waals surface area (Å²) in [5.41, 5.74) is 0.212. The van der Waals surface area contributed by atoms with Crippen molar-refractivity contribution in [1.29, 1.82) is 5.26 Å². The van der Waals surface area contributed by atoms with Crippen molar-refractivity contribution < 1.29 is 14.3 Å². The van der Waals surface area contributed by atoms with E-state index in [-0.39, 0.29) is 11.7 Å². The SMILES string of the molecule is CCCNC(=O)C(C#N)C(=O)c1ccc(OC(C)C)nc1. The Bertz CT molecular complexity index is 532. The number of pyridine rings is 1. The third-order valence-electron chi connectivity index (χ3n) is 2.58. The summed E-state index contributed by atoms with van der Waals surface area (Å²) in [6, 6.07) is 4.79. The maximum atomic E-state index is 12.1. The van der Waals surface area contributed by atoms with Crippen molar-refractivity contribution in [2.45, 2.75) is 33.3 Å². The van der Waals surface area contributed by atoms with Crippen LogP contribution in [-0.4, -0.2) is 29.3 Å². The average molecular weight is 289 g/mol. The van der Waals surface area contributed by atoms with Crippen molar-refractivity contribution in [3.63, 3.8) is 0 Å². The lowest BCUT2D eigenvalue weighted by atomic mass is 9.99. The Morgan fingerprint density at radius 2 is 2.14 bits per heavy atom. The van der Waals surface area contributed by atoms with Gasteiger partial charge in [-0.1, -0.05) is 6.92 Å². The van der Waals surface area contributed by atoms with Crippen LogP contribution in [0.5, 0.6) is 5.88 Å². The Hall–Kier alpha value is -2.42. The van der Waals surface area contributed by atoms with Crippen LogP contribution in [0.4, 0.5) is 0 Å². The van der Waals surface area contributed by atoms with Crippen LogP contribution in [0.3, 0.4) is 0 Å². The van der Waals surface area contributed by atoms with Gasteiger partial charge in [0, 0.05) is 24.4 Å². The van der Waals surface area contributed by atoms with Crippen LogP contribution >= 0.6 is 0 Å². The molecule has 1 heterocycles. The second-order valence-corrected chi connectivity index (χ2v) is 4.77. The molecule has 0 fully saturated rings. The molecule has 0 saturated heterocycles. The molecule has 1 rings (SSSR count). The van der Waals surface area contributed by atoms with E-state index in [0.29, 0.717) is 12.4 Å². The fourth-order valence-corrected chi connectivity index (χ4v) is 1.59. The molecule has 1 aromatic heterocycles. The number of aromatic nitrogens is 1. The van der Waals surface area contributed by atoms with Crippen molar-refractivity contribution in [3.8, 4) is 11.9 Å². The predicted octanol–water partition coefficient (Wildman–Crippen LogP) is 1.72. The topological polar surface area (TPSA) is 92.1 Å². The summed E-state index contributed by atoms with van der Waals surface area (Å²) in [5.74, 6) is -2.10. The van der Waals surface area contributed by atoms with Crippen molar-refractivity contribution in [3.05, 3.63) is 23.9 Å². The van der Waals surface area contributed by atoms with Gasteiger partial charge < -0.3 is 10.1 Å². The van der Waals surface area contributed by atoms with E-state index in [1.165, 1.54) is 12.3 Å². The fourth-order valence-electron chi connectivity index (χ4n) is 1.59. The van der Waals surface area contributed by atoms with Crippen molar-refractivity contribution in [2.75, 3.05) is 6.54 Å². The van der Waals surface area contributed by atoms with Crippen LogP contribution in [0, 0.1) is 17.2 Å². The fraction of sp³-hybridized carbons (Fsp3) is 0.467. The van der Waals surface area contributed by atoms with Crippen LogP contribution in [0.2, 0.25) is 0 Å². The van der Waals surface area contributed by atoms with Gasteiger partial charge in [0.2, 0.25) is 11.8 Å². The molecule has 0 aliphatic heterocycles. The number of carbonyl (C=O) groups excluding carboxylic acids is 2. The van der Waals surface area contributed by atoms with Gasteiger partial charge in [-0.3, -0.25) is 9.59 Å². The number of hydrogen-bond donors (Lipinski definition) is 1. The Balaban J connectivity index is 2.81. The third-order valence-corrected chi connectivity index (χ3v) is 2.58. The molecule has 1 atom stereocenters. The quantitative estimate of drug-likeness (QED) is 0.609. The normalized spacial score (nSPS) is 11.6. The van der Waals surface area contributed by atoms with Gasteiger partial charge in [-0.25, -0.2) is 4.98 Å². The molecule has 1 aromatic rings. The van der Waals surface area contributed by atoms with Crippen LogP contribution in [0.25, 0.3) is 0 Å². The molecular weight excluding hydrogens is 270 g/mol. The molecule has 6 heteroatoms. The number of nitrogens with one attached hydrogen (secondary N) is 1. The number of nitriles is 1. The first-order valence-corrected chi connectivity index (χ1v) is 6.83. The molecule has 1 unspecified atom stereocenters. The van der Waals surface area contributed by atoms with Crippen molar-refractivity contribution in [2.24, 2.45) is 5.92 Å². The standard InChI is InChI=1S/C15H19N3O3/c1-4-7-17-15(20)12(8-16)14(19)11-5-6-13(18-9-11)21-10(2)3/h5-6,9-10,12H,4,7H2,1-3H3,(H,17,20). The molecule has 6 nitrogen and oxygen atoms in total. The molecule has 0 spiro atoms. The summed E-state index contributed by atoms with van der Waals surface area (Å²) in [4.78, 5) is 27.9. The highest BCUT2D eigenvalue weighted by Gasteiger charge is 2.27. The molecule has 0 radical (unpaired) electrons. The molecule has 0 bridgehead atoms. The first-order chi connectivity index (χ1) is 9.99. The molecule has 21 heavy (non-hydrogen) atoms. The van der Waals surface area contributed by atoms with E-state index in [9.17, 15) is 9.59 Å². The number of amides is 1. The van der Waals surface area contributed by atoms with Gasteiger partial charge in [-0.05, 0) is 26.3 Å².